The number of oxime groups is 1. The minimum Gasteiger partial charge on any atom is -0.409 e. The molecule has 5 nitrogen and oxygen atoms in total. The first-order valence-electron chi connectivity index (χ1n) is 5.76. The van der Waals surface area contributed by atoms with Crippen LogP contribution in [0.5, 0.6) is 0 Å². The monoisotopic (exact) mass is 229 g/mol. The summed E-state index contributed by atoms with van der Waals surface area (Å²) in [7, 11) is 0. The first-order chi connectivity index (χ1) is 7.49. The van der Waals surface area contributed by atoms with Crippen molar-refractivity contribution in [1.82, 2.24) is 4.90 Å². The van der Waals surface area contributed by atoms with Crippen molar-refractivity contribution in [1.29, 1.82) is 0 Å². The van der Waals surface area contributed by atoms with Gasteiger partial charge in [0.25, 0.3) is 0 Å². The molecule has 0 unspecified atom stereocenters. The van der Waals surface area contributed by atoms with E-state index in [4.69, 9.17) is 15.7 Å². The number of hydrogen-bond donors (Lipinski definition) is 2. The number of nitrogens with zero attached hydrogens (tertiary/aromatic N) is 2. The fourth-order valence-electron chi connectivity index (χ4n) is 2.25. The molecule has 1 rings (SSSR count). The number of hydrogen-bond acceptors (Lipinski definition) is 4. The van der Waals surface area contributed by atoms with Gasteiger partial charge in [0.1, 0.15) is 0 Å². The summed E-state index contributed by atoms with van der Waals surface area (Å²) in [5, 5.41) is 11.6. The van der Waals surface area contributed by atoms with Gasteiger partial charge in [-0.3, -0.25) is 4.90 Å². The first kappa shape index (κ1) is 13.3. The maximum atomic E-state index is 8.54. The van der Waals surface area contributed by atoms with Crippen LogP contribution in [0.25, 0.3) is 0 Å². The van der Waals surface area contributed by atoms with E-state index in [2.05, 4.69) is 23.9 Å². The van der Waals surface area contributed by atoms with E-state index in [0.717, 1.165) is 26.3 Å². The molecule has 0 bridgehead atoms. The van der Waals surface area contributed by atoms with E-state index >= 15 is 0 Å². The Balaban J connectivity index is 2.50. The molecule has 0 radical (unpaired) electrons. The van der Waals surface area contributed by atoms with Gasteiger partial charge in [-0.25, -0.2) is 0 Å². The zero-order chi connectivity index (χ0) is 12.2. The zero-order valence-electron chi connectivity index (χ0n) is 10.4. The highest BCUT2D eigenvalue weighted by Gasteiger charge is 2.39. The molecule has 0 spiro atoms. The van der Waals surface area contributed by atoms with Crippen molar-refractivity contribution in [2.24, 2.45) is 22.2 Å². The smallest absolute Gasteiger partial charge is 0.153 e. The standard InChI is InChI=1S/C11H23N3O2/c1-4-16-7-9-5-14(6-10(12)13-15)8-11(9,2)3/h9,15H,4-8H2,1-3H3,(H2,12,13)/t9-/m0/s1. The summed E-state index contributed by atoms with van der Waals surface area (Å²) in [5.41, 5.74) is 5.74. The molecular formula is C11H23N3O2. The summed E-state index contributed by atoms with van der Waals surface area (Å²) in [6, 6.07) is 0. The van der Waals surface area contributed by atoms with Gasteiger partial charge in [0, 0.05) is 25.6 Å². The minimum absolute atomic E-state index is 0.227. The largest absolute Gasteiger partial charge is 0.409 e. The van der Waals surface area contributed by atoms with Crippen molar-refractivity contribution in [3.63, 3.8) is 0 Å². The van der Waals surface area contributed by atoms with E-state index in [0.29, 0.717) is 12.5 Å². The number of rotatable bonds is 5. The fraction of sp³-hybridized carbons (Fsp3) is 0.909. The maximum absolute atomic E-state index is 8.54. The number of nitrogens with two attached hydrogens (primary N) is 1. The molecule has 94 valence electrons. The third-order valence-electron chi connectivity index (χ3n) is 3.25. The fourth-order valence-corrected chi connectivity index (χ4v) is 2.25. The van der Waals surface area contributed by atoms with E-state index < -0.39 is 0 Å². The molecule has 1 atom stereocenters. The average molecular weight is 229 g/mol. The Morgan fingerprint density at radius 2 is 2.31 bits per heavy atom. The van der Waals surface area contributed by atoms with Gasteiger partial charge >= 0.3 is 0 Å². The molecule has 0 aromatic heterocycles. The second-order valence-corrected chi connectivity index (χ2v) is 5.11. The van der Waals surface area contributed by atoms with E-state index in [1.807, 2.05) is 6.92 Å². The van der Waals surface area contributed by atoms with Crippen LogP contribution in [0.3, 0.4) is 0 Å². The minimum atomic E-state index is 0.227. The Kier molecular flexibility index (Phi) is 4.56. The van der Waals surface area contributed by atoms with Gasteiger partial charge in [-0.2, -0.15) is 0 Å². The van der Waals surface area contributed by atoms with E-state index in [1.165, 1.54) is 0 Å². The molecular weight excluding hydrogens is 206 g/mol. The van der Waals surface area contributed by atoms with Gasteiger partial charge in [0.15, 0.2) is 5.84 Å². The molecule has 0 amide bonds. The molecule has 5 heteroatoms. The van der Waals surface area contributed by atoms with Crippen LogP contribution in [0.15, 0.2) is 5.16 Å². The first-order valence-corrected chi connectivity index (χ1v) is 5.76. The van der Waals surface area contributed by atoms with Gasteiger partial charge in [0.05, 0.1) is 13.2 Å². The summed E-state index contributed by atoms with van der Waals surface area (Å²) in [5.74, 6) is 0.784. The van der Waals surface area contributed by atoms with Crippen molar-refractivity contribution < 1.29 is 9.94 Å². The summed E-state index contributed by atoms with van der Waals surface area (Å²) in [6.07, 6.45) is 0. The van der Waals surface area contributed by atoms with Crippen LogP contribution in [-0.4, -0.2) is 48.8 Å². The third kappa shape index (κ3) is 3.35. The molecule has 1 heterocycles. The number of amidine groups is 1. The van der Waals surface area contributed by atoms with E-state index in [-0.39, 0.29) is 11.3 Å². The average Bonchev–Trinajstić information content (AvgIpc) is 2.49. The molecule has 16 heavy (non-hydrogen) atoms. The molecule has 3 N–H and O–H groups in total. The van der Waals surface area contributed by atoms with Crippen LogP contribution in [0.4, 0.5) is 0 Å². The van der Waals surface area contributed by atoms with Gasteiger partial charge in [-0.15, -0.1) is 0 Å². The van der Waals surface area contributed by atoms with Crippen LogP contribution in [0.1, 0.15) is 20.8 Å². The lowest BCUT2D eigenvalue weighted by atomic mass is 9.83. The van der Waals surface area contributed by atoms with Gasteiger partial charge in [-0.05, 0) is 12.3 Å². The number of ether oxygens (including phenoxy) is 1. The van der Waals surface area contributed by atoms with Crippen LogP contribution in [0.2, 0.25) is 0 Å². The highest BCUT2D eigenvalue weighted by molar-refractivity contribution is 5.81. The maximum Gasteiger partial charge on any atom is 0.153 e. The molecule has 1 saturated heterocycles. The Bertz CT molecular complexity index is 254. The predicted molar refractivity (Wildman–Crippen MR) is 63.6 cm³/mol. The lowest BCUT2D eigenvalue weighted by Crippen LogP contribution is -2.33. The van der Waals surface area contributed by atoms with Crippen molar-refractivity contribution >= 4 is 5.84 Å². The lowest BCUT2D eigenvalue weighted by molar-refractivity contribution is 0.0797. The van der Waals surface area contributed by atoms with Gasteiger partial charge in [0.2, 0.25) is 0 Å². The molecule has 1 aliphatic heterocycles. The van der Waals surface area contributed by atoms with Crippen LogP contribution in [-0.2, 0) is 4.74 Å². The van der Waals surface area contributed by atoms with Crippen molar-refractivity contribution in [2.45, 2.75) is 20.8 Å². The highest BCUT2D eigenvalue weighted by atomic mass is 16.5. The van der Waals surface area contributed by atoms with E-state index in [1.54, 1.807) is 0 Å². The zero-order valence-corrected chi connectivity index (χ0v) is 10.4. The second-order valence-electron chi connectivity index (χ2n) is 5.11. The van der Waals surface area contributed by atoms with Crippen molar-refractivity contribution in [2.75, 3.05) is 32.8 Å². The van der Waals surface area contributed by atoms with Gasteiger partial charge < -0.3 is 15.7 Å². The SMILES string of the molecule is CCOC[C@@H]1CN(CC(N)=NO)CC1(C)C. The van der Waals surface area contributed by atoms with Crippen molar-refractivity contribution in [3.05, 3.63) is 0 Å². The Morgan fingerprint density at radius 3 is 2.88 bits per heavy atom. The molecule has 0 aliphatic carbocycles. The molecule has 1 fully saturated rings. The third-order valence-corrected chi connectivity index (χ3v) is 3.25. The summed E-state index contributed by atoms with van der Waals surface area (Å²) in [6.45, 7) is 10.5. The molecule has 0 saturated carbocycles. The molecule has 0 aromatic carbocycles. The highest BCUT2D eigenvalue weighted by Crippen LogP contribution is 2.35. The number of likely N-dealkylation sites (tertiary alicyclic amines) is 1. The lowest BCUT2D eigenvalue weighted by Gasteiger charge is -2.25. The molecule has 0 aromatic rings. The molecule has 1 aliphatic rings. The normalized spacial score (nSPS) is 26.2. The van der Waals surface area contributed by atoms with Crippen molar-refractivity contribution in [3.8, 4) is 0 Å². The second kappa shape index (κ2) is 5.50. The summed E-state index contributed by atoms with van der Waals surface area (Å²) in [4.78, 5) is 2.21. The van der Waals surface area contributed by atoms with Gasteiger partial charge in [-0.1, -0.05) is 19.0 Å². The van der Waals surface area contributed by atoms with Crippen LogP contribution in [0, 0.1) is 11.3 Å². The van der Waals surface area contributed by atoms with Crippen LogP contribution >= 0.6 is 0 Å². The quantitative estimate of drug-likeness (QED) is 0.315. The van der Waals surface area contributed by atoms with Crippen LogP contribution < -0.4 is 5.73 Å². The summed E-state index contributed by atoms with van der Waals surface area (Å²) >= 11 is 0. The Labute approximate surface area is 97.2 Å². The summed E-state index contributed by atoms with van der Waals surface area (Å²) < 4.78 is 5.50. The topological polar surface area (TPSA) is 71.1 Å². The van der Waals surface area contributed by atoms with E-state index in [9.17, 15) is 0 Å². The Hall–Kier alpha value is -0.810. The predicted octanol–water partition coefficient (Wildman–Crippen LogP) is 0.727. The Morgan fingerprint density at radius 1 is 1.62 bits per heavy atom.